The zero-order valence-corrected chi connectivity index (χ0v) is 13.6. The van der Waals surface area contributed by atoms with Crippen LogP contribution in [0.1, 0.15) is 5.56 Å². The number of rotatable bonds is 3. The predicted molar refractivity (Wildman–Crippen MR) is 90.4 cm³/mol. The summed E-state index contributed by atoms with van der Waals surface area (Å²) in [5.74, 6) is 1.00. The molecule has 1 aliphatic heterocycles. The molecule has 0 saturated carbocycles. The van der Waals surface area contributed by atoms with Gasteiger partial charge in [0.15, 0.2) is 0 Å². The van der Waals surface area contributed by atoms with E-state index in [9.17, 15) is 0 Å². The van der Waals surface area contributed by atoms with Crippen LogP contribution in [-0.2, 0) is 6.42 Å². The van der Waals surface area contributed by atoms with Crippen LogP contribution in [0.3, 0.4) is 0 Å². The lowest BCUT2D eigenvalue weighted by Crippen LogP contribution is -2.23. The molecular weight excluding hydrogens is 348 g/mol. The SMILES string of the molecule is Brc1ccc2c(c1)CC(CNc1ccc3ncsc3c1)O2. The van der Waals surface area contributed by atoms with Gasteiger partial charge in [0.05, 0.1) is 22.3 Å². The average Bonchev–Trinajstić information content (AvgIpc) is 3.09. The molecule has 3 nitrogen and oxygen atoms in total. The zero-order chi connectivity index (χ0) is 14.2. The molecule has 0 amide bonds. The lowest BCUT2D eigenvalue weighted by Gasteiger charge is -2.12. The summed E-state index contributed by atoms with van der Waals surface area (Å²) >= 11 is 5.17. The van der Waals surface area contributed by atoms with E-state index in [4.69, 9.17) is 4.74 Å². The largest absolute Gasteiger partial charge is 0.488 e. The Hall–Kier alpha value is -1.59. The molecule has 0 spiro atoms. The number of fused-ring (bicyclic) bond motifs is 2. The van der Waals surface area contributed by atoms with E-state index in [2.05, 4.69) is 50.5 Å². The molecule has 0 radical (unpaired) electrons. The van der Waals surface area contributed by atoms with Gasteiger partial charge in [-0.1, -0.05) is 15.9 Å². The first kappa shape index (κ1) is 13.1. The minimum absolute atomic E-state index is 0.187. The normalized spacial score (nSPS) is 16.7. The van der Waals surface area contributed by atoms with Crippen LogP contribution >= 0.6 is 27.3 Å². The van der Waals surface area contributed by atoms with Crippen molar-refractivity contribution < 1.29 is 4.74 Å². The van der Waals surface area contributed by atoms with Crippen molar-refractivity contribution in [3.8, 4) is 5.75 Å². The van der Waals surface area contributed by atoms with Gasteiger partial charge in [-0.15, -0.1) is 11.3 Å². The fourth-order valence-corrected chi connectivity index (χ4v) is 3.72. The highest BCUT2D eigenvalue weighted by Gasteiger charge is 2.22. The van der Waals surface area contributed by atoms with Crippen molar-refractivity contribution in [1.82, 2.24) is 4.98 Å². The van der Waals surface area contributed by atoms with Gasteiger partial charge in [0.1, 0.15) is 11.9 Å². The van der Waals surface area contributed by atoms with E-state index in [-0.39, 0.29) is 6.10 Å². The molecule has 0 fully saturated rings. The molecule has 1 N–H and O–H groups in total. The number of hydrogen-bond donors (Lipinski definition) is 1. The molecule has 0 bridgehead atoms. The summed E-state index contributed by atoms with van der Waals surface area (Å²) in [5.41, 5.74) is 5.32. The Bertz CT molecular complexity index is 802. The summed E-state index contributed by atoms with van der Waals surface area (Å²) in [7, 11) is 0. The Labute approximate surface area is 135 Å². The fourth-order valence-electron chi connectivity index (χ4n) is 2.60. The van der Waals surface area contributed by atoms with Gasteiger partial charge in [0.2, 0.25) is 0 Å². The maximum absolute atomic E-state index is 5.96. The smallest absolute Gasteiger partial charge is 0.123 e. The van der Waals surface area contributed by atoms with Crippen molar-refractivity contribution in [2.45, 2.75) is 12.5 Å². The van der Waals surface area contributed by atoms with Crippen molar-refractivity contribution >= 4 is 43.2 Å². The van der Waals surface area contributed by atoms with Crippen LogP contribution in [0.5, 0.6) is 5.75 Å². The molecule has 4 rings (SSSR count). The lowest BCUT2D eigenvalue weighted by molar-refractivity contribution is 0.246. The van der Waals surface area contributed by atoms with Crippen LogP contribution < -0.4 is 10.1 Å². The quantitative estimate of drug-likeness (QED) is 0.747. The van der Waals surface area contributed by atoms with Gasteiger partial charge < -0.3 is 10.1 Å². The molecule has 21 heavy (non-hydrogen) atoms. The van der Waals surface area contributed by atoms with Gasteiger partial charge in [-0.25, -0.2) is 4.98 Å². The number of aromatic nitrogens is 1. The van der Waals surface area contributed by atoms with E-state index in [0.29, 0.717) is 0 Å². The second kappa shape index (κ2) is 5.31. The van der Waals surface area contributed by atoms with Crippen molar-refractivity contribution in [3.63, 3.8) is 0 Å². The third-order valence-corrected chi connectivity index (χ3v) is 4.91. The Morgan fingerprint density at radius 3 is 3.19 bits per heavy atom. The first-order valence-corrected chi connectivity index (χ1v) is 8.47. The number of anilines is 1. The molecule has 1 aromatic heterocycles. The van der Waals surface area contributed by atoms with Gasteiger partial charge >= 0.3 is 0 Å². The van der Waals surface area contributed by atoms with E-state index in [1.807, 2.05) is 17.6 Å². The molecular formula is C16H13BrN2OS. The van der Waals surface area contributed by atoms with Crippen LogP contribution in [0, 0.1) is 0 Å². The van der Waals surface area contributed by atoms with Crippen molar-refractivity contribution in [3.05, 3.63) is 51.9 Å². The van der Waals surface area contributed by atoms with Crippen LogP contribution in [0.25, 0.3) is 10.2 Å². The second-order valence-corrected chi connectivity index (χ2v) is 6.91. The molecule has 0 saturated heterocycles. The second-order valence-electron chi connectivity index (χ2n) is 5.11. The topological polar surface area (TPSA) is 34.2 Å². The Kier molecular flexibility index (Phi) is 3.31. The van der Waals surface area contributed by atoms with Gasteiger partial charge in [-0.3, -0.25) is 0 Å². The summed E-state index contributed by atoms with van der Waals surface area (Å²) in [6, 6.07) is 12.5. The third-order valence-electron chi connectivity index (χ3n) is 3.63. The maximum atomic E-state index is 5.96. The molecule has 2 heterocycles. The monoisotopic (exact) mass is 360 g/mol. The Balaban J connectivity index is 1.43. The molecule has 5 heteroatoms. The number of benzene rings is 2. The summed E-state index contributed by atoms with van der Waals surface area (Å²) in [5, 5.41) is 3.46. The Morgan fingerprint density at radius 1 is 1.29 bits per heavy atom. The first-order valence-electron chi connectivity index (χ1n) is 6.80. The maximum Gasteiger partial charge on any atom is 0.123 e. The number of thiazole rings is 1. The third kappa shape index (κ3) is 2.63. The van der Waals surface area contributed by atoms with Crippen LogP contribution in [0.15, 0.2) is 46.4 Å². The number of ether oxygens (including phenoxy) is 1. The highest BCUT2D eigenvalue weighted by Crippen LogP contribution is 2.31. The summed E-state index contributed by atoms with van der Waals surface area (Å²) in [6.45, 7) is 0.802. The van der Waals surface area contributed by atoms with Gasteiger partial charge in [0, 0.05) is 16.6 Å². The number of nitrogens with zero attached hydrogens (tertiary/aromatic N) is 1. The number of halogens is 1. The number of nitrogens with one attached hydrogen (secondary N) is 1. The van der Waals surface area contributed by atoms with Crippen molar-refractivity contribution in [1.29, 1.82) is 0 Å². The molecule has 1 unspecified atom stereocenters. The molecule has 1 aliphatic rings. The van der Waals surface area contributed by atoms with E-state index in [1.165, 1.54) is 10.3 Å². The predicted octanol–water partition coefficient (Wildman–Crippen LogP) is 4.47. The highest BCUT2D eigenvalue weighted by molar-refractivity contribution is 9.10. The molecule has 0 aliphatic carbocycles. The first-order chi connectivity index (χ1) is 10.3. The molecule has 106 valence electrons. The lowest BCUT2D eigenvalue weighted by atomic mass is 10.1. The summed E-state index contributed by atoms with van der Waals surface area (Å²) < 4.78 is 8.28. The minimum atomic E-state index is 0.187. The highest BCUT2D eigenvalue weighted by atomic mass is 79.9. The number of hydrogen-bond acceptors (Lipinski definition) is 4. The molecule has 3 aromatic rings. The van der Waals surface area contributed by atoms with Gasteiger partial charge in [-0.05, 0) is 42.0 Å². The van der Waals surface area contributed by atoms with Crippen LogP contribution in [0.2, 0.25) is 0 Å². The standard InChI is InChI=1S/C16H13BrN2OS/c17-11-1-4-15-10(5-11)6-13(20-15)8-18-12-2-3-14-16(7-12)21-9-19-14/h1-5,7,9,13,18H,6,8H2. The van der Waals surface area contributed by atoms with E-state index in [0.717, 1.165) is 34.4 Å². The van der Waals surface area contributed by atoms with Gasteiger partial charge in [0.25, 0.3) is 0 Å². The van der Waals surface area contributed by atoms with Crippen molar-refractivity contribution in [2.75, 3.05) is 11.9 Å². The summed E-state index contributed by atoms with van der Waals surface area (Å²) in [4.78, 5) is 4.29. The zero-order valence-electron chi connectivity index (χ0n) is 11.2. The Morgan fingerprint density at radius 2 is 2.24 bits per heavy atom. The van der Waals surface area contributed by atoms with Crippen LogP contribution in [0.4, 0.5) is 5.69 Å². The van der Waals surface area contributed by atoms with E-state index >= 15 is 0 Å². The van der Waals surface area contributed by atoms with Crippen molar-refractivity contribution in [2.24, 2.45) is 0 Å². The minimum Gasteiger partial charge on any atom is -0.488 e. The average molecular weight is 361 g/mol. The van der Waals surface area contributed by atoms with E-state index in [1.54, 1.807) is 11.3 Å². The fraction of sp³-hybridized carbons (Fsp3) is 0.188. The molecule has 2 aromatic carbocycles. The summed E-state index contributed by atoms with van der Waals surface area (Å²) in [6.07, 6.45) is 1.14. The van der Waals surface area contributed by atoms with Gasteiger partial charge in [-0.2, -0.15) is 0 Å². The molecule has 1 atom stereocenters. The van der Waals surface area contributed by atoms with E-state index < -0.39 is 0 Å². The van der Waals surface area contributed by atoms with Crippen LogP contribution in [-0.4, -0.2) is 17.6 Å².